The van der Waals surface area contributed by atoms with Gasteiger partial charge in [0.15, 0.2) is 5.60 Å². The summed E-state index contributed by atoms with van der Waals surface area (Å²) in [6, 6.07) is 7.83. The topological polar surface area (TPSA) is 360 Å². The van der Waals surface area contributed by atoms with E-state index in [-0.39, 0.29) is 56.6 Å². The number of fused-ring (bicyclic) bond motifs is 5. The van der Waals surface area contributed by atoms with Gasteiger partial charge in [0.25, 0.3) is 17.4 Å². The minimum Gasteiger partial charge on any atom is -0.481 e. The van der Waals surface area contributed by atoms with Gasteiger partial charge >= 0.3 is 11.9 Å². The zero-order chi connectivity index (χ0) is 56.9. The van der Waals surface area contributed by atoms with Crippen LogP contribution < -0.4 is 42.8 Å². The van der Waals surface area contributed by atoms with Crippen molar-refractivity contribution in [1.82, 2.24) is 51.7 Å². The molecule has 4 aromatic rings. The molecule has 0 radical (unpaired) electrons. The number of carboxylic acids is 1. The van der Waals surface area contributed by atoms with Gasteiger partial charge in [-0.15, -0.1) is 0 Å². The molecule has 26 heteroatoms. The van der Waals surface area contributed by atoms with Crippen molar-refractivity contribution in [3.8, 4) is 11.4 Å². The molecule has 0 saturated carbocycles. The second-order valence-corrected chi connectivity index (χ2v) is 19.2. The number of aromatic nitrogens is 2. The van der Waals surface area contributed by atoms with E-state index in [4.69, 9.17) is 9.72 Å². The molecule has 2 aromatic heterocycles. The molecule has 9 amide bonds. The van der Waals surface area contributed by atoms with Crippen molar-refractivity contribution in [3.05, 3.63) is 110 Å². The van der Waals surface area contributed by atoms with Gasteiger partial charge in [0.2, 0.25) is 41.4 Å². The van der Waals surface area contributed by atoms with E-state index in [0.717, 1.165) is 17.1 Å². The fraction of sp³-hybridized carbons (Fsp3) is 0.377. The molecule has 1 aliphatic carbocycles. The van der Waals surface area contributed by atoms with E-state index in [0.29, 0.717) is 62.9 Å². The predicted octanol–water partition coefficient (Wildman–Crippen LogP) is -1.51. The molecule has 0 fully saturated rings. The third-order valence-electron chi connectivity index (χ3n) is 14.1. The number of cyclic esters (lactones) is 1. The van der Waals surface area contributed by atoms with Crippen LogP contribution in [0.15, 0.2) is 59.4 Å². The highest BCUT2D eigenvalue weighted by molar-refractivity contribution is 6.13. The van der Waals surface area contributed by atoms with Crippen molar-refractivity contribution >= 4 is 76.0 Å². The number of ether oxygens (including phenoxy) is 1. The van der Waals surface area contributed by atoms with Gasteiger partial charge in [-0.05, 0) is 54.5 Å². The third-order valence-corrected chi connectivity index (χ3v) is 14.1. The first kappa shape index (κ1) is 56.0. The standard InChI is InChI=1S/C53H55FN10O15/c1-3-53(78)31-18-37-48-29(24-64(37)51(76)30(31)25-79-52(53)77)47-33(10-9-28-26(2)32(54)19-34(62-48)46(28)47)59-38(65)13-15-55-40(67)21-57-49(74)35(17-27-7-5-4-6-8-27)61-42(69)23-56-41(68)22-58-50(75)36(20-45(72)73)60-39(66)14-16-63-43(70)11-12-44(63)71/h4-8,11-12,18-19,33,35-36,78H,3,9-10,13-17,20-25H2,1-2H3,(H,55,67)(H,56,68)(H,57,74)(H,58,75)(H,59,65)(H,60,66)(H,61,69)(H,72,73)/t33-,35-,36-,53-/m0/s1. The number of aliphatic carboxylic acids is 1. The quantitative estimate of drug-likeness (QED) is 0.0281. The number of hydrogen-bond acceptors (Lipinski definition) is 15. The lowest BCUT2D eigenvalue weighted by Crippen LogP contribution is -2.53. The number of rotatable bonds is 22. The highest BCUT2D eigenvalue weighted by Gasteiger charge is 2.46. The summed E-state index contributed by atoms with van der Waals surface area (Å²) in [6.07, 6.45) is 1.14. The molecule has 5 heterocycles. The lowest BCUT2D eigenvalue weighted by atomic mass is 9.81. The maximum absolute atomic E-state index is 15.4. The normalized spacial score (nSPS) is 17.3. The Morgan fingerprint density at radius 3 is 2.15 bits per heavy atom. The SMILES string of the molecule is CC[C@@]1(O)C(=O)OCc2c1cc1n(c2=O)Cc2c-1nc1cc(F)c(C)c3c1c2[C@@H](NC(=O)CCNC(=O)CNC(=O)[C@H](Cc1ccccc1)NC(=O)CNC(=O)CNC(=O)[C@H](CC(=O)O)NC(=O)CCN1C(=O)C=CC1=O)CC3. The largest absolute Gasteiger partial charge is 0.481 e. The Labute approximate surface area is 448 Å². The number of imide groups is 1. The van der Waals surface area contributed by atoms with Crippen LogP contribution in [0.3, 0.4) is 0 Å². The number of carbonyl (C=O) groups is 11. The van der Waals surface area contributed by atoms with E-state index in [2.05, 4.69) is 37.2 Å². The van der Waals surface area contributed by atoms with E-state index in [1.165, 1.54) is 10.6 Å². The van der Waals surface area contributed by atoms with E-state index in [1.54, 1.807) is 50.2 Å². The van der Waals surface area contributed by atoms with Gasteiger partial charge in [0.05, 0.1) is 61.1 Å². The number of benzene rings is 2. The van der Waals surface area contributed by atoms with E-state index >= 15 is 4.39 Å². The van der Waals surface area contributed by atoms with Crippen molar-refractivity contribution in [1.29, 1.82) is 0 Å². The van der Waals surface area contributed by atoms with Crippen LogP contribution in [0.4, 0.5) is 4.39 Å². The van der Waals surface area contributed by atoms with Crippen LogP contribution >= 0.6 is 0 Å². The second kappa shape index (κ2) is 23.6. The van der Waals surface area contributed by atoms with E-state index in [1.807, 2.05) is 0 Å². The van der Waals surface area contributed by atoms with Crippen molar-refractivity contribution in [2.45, 2.75) is 95.7 Å². The molecule has 25 nitrogen and oxygen atoms in total. The van der Waals surface area contributed by atoms with Crippen molar-refractivity contribution in [2.75, 3.05) is 32.7 Å². The number of hydrogen-bond donors (Lipinski definition) is 9. The first-order chi connectivity index (χ1) is 37.7. The van der Waals surface area contributed by atoms with Crippen LogP contribution in [0.2, 0.25) is 0 Å². The van der Waals surface area contributed by atoms with Crippen molar-refractivity contribution < 1.29 is 72.1 Å². The number of carbonyl (C=O) groups excluding carboxylic acids is 10. The summed E-state index contributed by atoms with van der Waals surface area (Å²) >= 11 is 0. The molecular weight excluding hydrogens is 1040 g/mol. The maximum Gasteiger partial charge on any atom is 0.343 e. The Morgan fingerprint density at radius 2 is 1.47 bits per heavy atom. The zero-order valence-corrected chi connectivity index (χ0v) is 42.7. The number of aryl methyl sites for hydroxylation is 1. The number of carboxylic acid groups (broad SMARTS) is 1. The van der Waals surface area contributed by atoms with Crippen LogP contribution in [0.5, 0.6) is 0 Å². The van der Waals surface area contributed by atoms with Gasteiger partial charge in [-0.1, -0.05) is 37.3 Å². The number of nitrogens with zero attached hydrogens (tertiary/aromatic N) is 3. The van der Waals surface area contributed by atoms with Gasteiger partial charge in [-0.2, -0.15) is 0 Å². The third kappa shape index (κ3) is 12.2. The monoisotopic (exact) mass is 1090 g/mol. The van der Waals surface area contributed by atoms with E-state index < -0.39 is 133 Å². The molecule has 79 heavy (non-hydrogen) atoms. The Kier molecular flexibility index (Phi) is 16.7. The number of esters is 1. The molecule has 0 saturated heterocycles. The molecule has 4 atom stereocenters. The fourth-order valence-corrected chi connectivity index (χ4v) is 9.99. The van der Waals surface area contributed by atoms with E-state index in [9.17, 15) is 67.7 Å². The summed E-state index contributed by atoms with van der Waals surface area (Å²) in [5.74, 6) is -9.70. The lowest BCUT2D eigenvalue weighted by molar-refractivity contribution is -0.172. The number of halogens is 1. The Hall–Kier alpha value is -9.20. The molecule has 8 rings (SSSR count). The molecule has 9 N–H and O–H groups in total. The maximum atomic E-state index is 15.4. The number of aliphatic hydroxyl groups is 1. The molecule has 0 bridgehead atoms. The smallest absolute Gasteiger partial charge is 0.343 e. The molecule has 0 unspecified atom stereocenters. The average Bonchev–Trinajstić information content (AvgIpc) is 4.10. The van der Waals surface area contributed by atoms with Gasteiger partial charge in [-0.25, -0.2) is 14.2 Å². The molecule has 4 aliphatic rings. The van der Waals surface area contributed by atoms with Crippen LogP contribution in [0.1, 0.15) is 84.0 Å². The highest BCUT2D eigenvalue weighted by Crippen LogP contribution is 2.46. The molecule has 0 spiro atoms. The number of nitrogens with one attached hydrogen (secondary N) is 7. The van der Waals surface area contributed by atoms with Crippen molar-refractivity contribution in [3.63, 3.8) is 0 Å². The van der Waals surface area contributed by atoms with Crippen LogP contribution in [0.25, 0.3) is 22.3 Å². The predicted molar refractivity (Wildman–Crippen MR) is 272 cm³/mol. The first-order valence-electron chi connectivity index (χ1n) is 25.2. The average molecular weight is 1090 g/mol. The number of pyridine rings is 2. The Balaban J connectivity index is 0.834. The summed E-state index contributed by atoms with van der Waals surface area (Å²) < 4.78 is 22.1. The highest BCUT2D eigenvalue weighted by atomic mass is 19.1. The summed E-state index contributed by atoms with van der Waals surface area (Å²) in [6.45, 7) is 0.452. The van der Waals surface area contributed by atoms with Gasteiger partial charge < -0.3 is 56.7 Å². The molecule has 414 valence electrons. The summed E-state index contributed by atoms with van der Waals surface area (Å²) in [4.78, 5) is 158. The van der Waals surface area contributed by atoms with Crippen LogP contribution in [-0.4, -0.2) is 135 Å². The summed E-state index contributed by atoms with van der Waals surface area (Å²) in [5.41, 5.74) is 1.63. The van der Waals surface area contributed by atoms with Crippen molar-refractivity contribution in [2.24, 2.45) is 0 Å². The summed E-state index contributed by atoms with van der Waals surface area (Å²) in [5, 5.41) is 38.5. The Morgan fingerprint density at radius 1 is 0.810 bits per heavy atom. The molecular formula is C53H55FN10O15. The lowest BCUT2D eigenvalue weighted by Gasteiger charge is -2.31. The minimum absolute atomic E-state index is 0.0351. The van der Waals surface area contributed by atoms with Gasteiger partial charge in [0.1, 0.15) is 24.5 Å². The molecule has 2 aromatic carbocycles. The second-order valence-electron chi connectivity index (χ2n) is 19.2. The minimum atomic E-state index is -2.07. The number of amides is 9. The first-order valence-corrected chi connectivity index (χ1v) is 25.2. The van der Waals surface area contributed by atoms with Gasteiger partial charge in [0, 0.05) is 67.1 Å². The van der Waals surface area contributed by atoms with Gasteiger partial charge in [-0.3, -0.25) is 57.6 Å². The fourth-order valence-electron chi connectivity index (χ4n) is 9.99. The zero-order valence-electron chi connectivity index (χ0n) is 42.7. The molecule has 3 aliphatic heterocycles. The Bertz CT molecular complexity index is 3330. The summed E-state index contributed by atoms with van der Waals surface area (Å²) in [7, 11) is 0. The van der Waals surface area contributed by atoms with Crippen LogP contribution in [0, 0.1) is 12.7 Å². The van der Waals surface area contributed by atoms with Crippen LogP contribution in [-0.2, 0) is 89.1 Å².